The minimum atomic E-state index is 0.492. The molecule has 3 rings (SSSR count). The van der Waals surface area contributed by atoms with Crippen molar-refractivity contribution in [2.24, 2.45) is 0 Å². The highest BCUT2D eigenvalue weighted by atomic mass is 15.1. The lowest BCUT2D eigenvalue weighted by atomic mass is 9.88. The maximum Gasteiger partial charge on any atom is 0.132 e. The molecule has 0 atom stereocenters. The lowest BCUT2D eigenvalue weighted by Gasteiger charge is -2.21. The third kappa shape index (κ3) is 2.67. The Balaban J connectivity index is 2.05. The summed E-state index contributed by atoms with van der Waals surface area (Å²) in [5.74, 6) is 4.97. The Morgan fingerprint density at radius 2 is 1.90 bits per heavy atom. The van der Waals surface area contributed by atoms with E-state index < -0.39 is 0 Å². The summed E-state index contributed by atoms with van der Waals surface area (Å²) in [5, 5.41) is 0. The largest absolute Gasteiger partial charge is 0.383 e. The third-order valence-electron chi connectivity index (χ3n) is 4.30. The van der Waals surface area contributed by atoms with Crippen LogP contribution in [0.4, 0.5) is 5.82 Å². The van der Waals surface area contributed by atoms with Gasteiger partial charge in [-0.3, -0.25) is 0 Å². The fourth-order valence-electron chi connectivity index (χ4n) is 3.22. The SMILES string of the molecule is C#CCn1c(C2CCCCC2)nc(-c2ccccc2)c1N. The van der Waals surface area contributed by atoms with Gasteiger partial charge in [0.25, 0.3) is 0 Å². The average Bonchev–Trinajstić information content (AvgIpc) is 2.87. The summed E-state index contributed by atoms with van der Waals surface area (Å²) in [6.45, 7) is 0.498. The summed E-state index contributed by atoms with van der Waals surface area (Å²) in [6.07, 6.45) is 11.8. The fourth-order valence-corrected chi connectivity index (χ4v) is 3.22. The van der Waals surface area contributed by atoms with E-state index in [-0.39, 0.29) is 0 Å². The quantitative estimate of drug-likeness (QED) is 0.868. The Bertz CT molecular complexity index is 643. The second-order valence-corrected chi connectivity index (χ2v) is 5.70. The van der Waals surface area contributed by atoms with Crippen LogP contribution < -0.4 is 5.73 Å². The molecule has 3 heteroatoms. The van der Waals surface area contributed by atoms with Crippen molar-refractivity contribution in [3.8, 4) is 23.6 Å². The molecule has 3 nitrogen and oxygen atoms in total. The van der Waals surface area contributed by atoms with Crippen LogP contribution in [0.3, 0.4) is 0 Å². The van der Waals surface area contributed by atoms with Crippen molar-refractivity contribution in [2.45, 2.75) is 44.6 Å². The molecule has 0 aliphatic heterocycles. The second-order valence-electron chi connectivity index (χ2n) is 5.70. The van der Waals surface area contributed by atoms with Crippen molar-refractivity contribution in [1.29, 1.82) is 0 Å². The summed E-state index contributed by atoms with van der Waals surface area (Å²) < 4.78 is 2.03. The van der Waals surface area contributed by atoms with Crippen LogP contribution in [0.25, 0.3) is 11.3 Å². The highest BCUT2D eigenvalue weighted by molar-refractivity contribution is 5.71. The highest BCUT2D eigenvalue weighted by Gasteiger charge is 2.24. The minimum absolute atomic E-state index is 0.492. The standard InChI is InChI=1S/C18H21N3/c1-2-13-21-17(19)16(14-9-5-3-6-10-14)20-18(21)15-11-7-4-8-12-15/h1,3,5-6,9-10,15H,4,7-8,11-13,19H2. The Kier molecular flexibility index (Phi) is 3.96. The van der Waals surface area contributed by atoms with Gasteiger partial charge in [0.1, 0.15) is 17.3 Å². The van der Waals surface area contributed by atoms with Gasteiger partial charge in [0, 0.05) is 11.5 Å². The number of nitrogens with two attached hydrogens (primary N) is 1. The summed E-state index contributed by atoms with van der Waals surface area (Å²) in [5.41, 5.74) is 8.26. The number of hydrogen-bond donors (Lipinski definition) is 1. The van der Waals surface area contributed by atoms with Crippen molar-refractivity contribution in [3.63, 3.8) is 0 Å². The molecule has 1 aliphatic carbocycles. The number of terminal acetylenes is 1. The highest BCUT2D eigenvalue weighted by Crippen LogP contribution is 2.36. The number of benzene rings is 1. The summed E-state index contributed by atoms with van der Waals surface area (Å²) >= 11 is 0. The smallest absolute Gasteiger partial charge is 0.132 e. The third-order valence-corrected chi connectivity index (χ3v) is 4.30. The molecule has 1 aliphatic rings. The van der Waals surface area contributed by atoms with Gasteiger partial charge in [-0.25, -0.2) is 4.98 Å². The van der Waals surface area contributed by atoms with E-state index in [9.17, 15) is 0 Å². The molecule has 1 aromatic heterocycles. The van der Waals surface area contributed by atoms with Gasteiger partial charge >= 0.3 is 0 Å². The van der Waals surface area contributed by atoms with Gasteiger partial charge in [-0.2, -0.15) is 0 Å². The van der Waals surface area contributed by atoms with E-state index >= 15 is 0 Å². The Morgan fingerprint density at radius 1 is 1.19 bits per heavy atom. The number of anilines is 1. The summed E-state index contributed by atoms with van der Waals surface area (Å²) in [4.78, 5) is 4.86. The summed E-state index contributed by atoms with van der Waals surface area (Å²) in [7, 11) is 0. The molecule has 1 fully saturated rings. The van der Waals surface area contributed by atoms with Crippen LogP contribution >= 0.6 is 0 Å². The molecule has 0 bridgehead atoms. The zero-order valence-electron chi connectivity index (χ0n) is 12.3. The molecule has 0 amide bonds. The van der Waals surface area contributed by atoms with Crippen molar-refractivity contribution in [3.05, 3.63) is 36.2 Å². The van der Waals surface area contributed by atoms with Crippen LogP contribution in [0.5, 0.6) is 0 Å². The molecule has 0 saturated heterocycles. The predicted octanol–water partition coefficient (Wildman–Crippen LogP) is 3.81. The molecule has 1 heterocycles. The Morgan fingerprint density at radius 3 is 2.57 bits per heavy atom. The van der Waals surface area contributed by atoms with Gasteiger partial charge in [-0.1, -0.05) is 55.5 Å². The Labute approximate surface area is 126 Å². The van der Waals surface area contributed by atoms with Crippen molar-refractivity contribution < 1.29 is 0 Å². The van der Waals surface area contributed by atoms with Gasteiger partial charge in [-0.05, 0) is 12.8 Å². The lowest BCUT2D eigenvalue weighted by Crippen LogP contribution is -2.13. The first-order valence-corrected chi connectivity index (χ1v) is 7.66. The maximum absolute atomic E-state index is 6.33. The molecule has 21 heavy (non-hydrogen) atoms. The monoisotopic (exact) mass is 279 g/mol. The fraction of sp³-hybridized carbons (Fsp3) is 0.389. The molecular weight excluding hydrogens is 258 g/mol. The lowest BCUT2D eigenvalue weighted by molar-refractivity contribution is 0.420. The van der Waals surface area contributed by atoms with Crippen LogP contribution in [0.2, 0.25) is 0 Å². The first kappa shape index (κ1) is 13.8. The number of hydrogen-bond acceptors (Lipinski definition) is 2. The molecule has 2 aromatic rings. The van der Waals surface area contributed by atoms with Gasteiger partial charge < -0.3 is 10.3 Å². The molecule has 108 valence electrons. The van der Waals surface area contributed by atoms with Crippen LogP contribution in [-0.2, 0) is 6.54 Å². The first-order chi connectivity index (χ1) is 10.3. The zero-order chi connectivity index (χ0) is 14.7. The number of rotatable bonds is 3. The maximum atomic E-state index is 6.33. The Hall–Kier alpha value is -2.21. The van der Waals surface area contributed by atoms with Crippen LogP contribution in [0.15, 0.2) is 30.3 Å². The van der Waals surface area contributed by atoms with Crippen LogP contribution in [0, 0.1) is 12.3 Å². The normalized spacial score (nSPS) is 15.8. The zero-order valence-corrected chi connectivity index (χ0v) is 12.3. The number of aromatic nitrogens is 2. The molecule has 0 radical (unpaired) electrons. The average molecular weight is 279 g/mol. The van der Waals surface area contributed by atoms with E-state index in [0.717, 1.165) is 17.1 Å². The number of nitrogen functional groups attached to an aromatic ring is 1. The van der Waals surface area contributed by atoms with Crippen molar-refractivity contribution in [2.75, 3.05) is 5.73 Å². The topological polar surface area (TPSA) is 43.8 Å². The van der Waals surface area contributed by atoms with E-state index in [0.29, 0.717) is 18.3 Å². The van der Waals surface area contributed by atoms with Crippen LogP contribution in [0.1, 0.15) is 43.8 Å². The van der Waals surface area contributed by atoms with Gasteiger partial charge in [0.15, 0.2) is 0 Å². The van der Waals surface area contributed by atoms with E-state index in [1.807, 2.05) is 34.9 Å². The summed E-state index contributed by atoms with van der Waals surface area (Å²) in [6, 6.07) is 10.1. The van der Waals surface area contributed by atoms with Gasteiger partial charge in [0.2, 0.25) is 0 Å². The molecular formula is C18H21N3. The number of nitrogens with zero attached hydrogens (tertiary/aromatic N) is 2. The molecule has 1 aromatic carbocycles. The molecule has 2 N–H and O–H groups in total. The molecule has 1 saturated carbocycles. The minimum Gasteiger partial charge on any atom is -0.383 e. The second kappa shape index (κ2) is 6.05. The van der Waals surface area contributed by atoms with Gasteiger partial charge in [0.05, 0.1) is 6.54 Å². The van der Waals surface area contributed by atoms with Crippen LogP contribution in [-0.4, -0.2) is 9.55 Å². The number of imidazole rings is 1. The van der Waals surface area contributed by atoms with E-state index in [4.69, 9.17) is 17.1 Å². The predicted molar refractivity (Wildman–Crippen MR) is 86.7 cm³/mol. The van der Waals surface area contributed by atoms with Crippen molar-refractivity contribution >= 4 is 5.82 Å². The van der Waals surface area contributed by atoms with Crippen molar-refractivity contribution in [1.82, 2.24) is 9.55 Å². The first-order valence-electron chi connectivity index (χ1n) is 7.66. The van der Waals surface area contributed by atoms with Gasteiger partial charge in [-0.15, -0.1) is 6.42 Å². The van der Waals surface area contributed by atoms with E-state index in [1.165, 1.54) is 32.1 Å². The van der Waals surface area contributed by atoms with E-state index in [2.05, 4.69) is 5.92 Å². The molecule has 0 unspecified atom stereocenters. The molecule has 0 spiro atoms. The van der Waals surface area contributed by atoms with E-state index in [1.54, 1.807) is 0 Å².